The van der Waals surface area contributed by atoms with Gasteiger partial charge >= 0.3 is 5.97 Å². The van der Waals surface area contributed by atoms with Crippen LogP contribution in [-0.4, -0.2) is 50.5 Å². The van der Waals surface area contributed by atoms with Crippen LogP contribution in [0.4, 0.5) is 5.82 Å². The van der Waals surface area contributed by atoms with Crippen LogP contribution in [0.5, 0.6) is 0 Å². The minimum Gasteiger partial charge on any atom is -0.476 e. The molecule has 0 saturated carbocycles. The quantitative estimate of drug-likeness (QED) is 0.826. The van der Waals surface area contributed by atoms with Crippen molar-refractivity contribution >= 4 is 17.7 Å². The molecular weight excluding hydrogens is 248 g/mol. The molecule has 1 amide bonds. The number of carboxylic acids is 1. The third-order valence-electron chi connectivity index (χ3n) is 3.06. The molecule has 1 saturated heterocycles. The van der Waals surface area contributed by atoms with E-state index in [2.05, 4.69) is 15.3 Å². The van der Waals surface area contributed by atoms with E-state index in [0.29, 0.717) is 12.2 Å². The molecule has 2 N–H and O–H groups in total. The van der Waals surface area contributed by atoms with Gasteiger partial charge in [0, 0.05) is 12.6 Å². The monoisotopic (exact) mass is 264 g/mol. The number of carboxylic acid groups (broad SMARTS) is 1. The molecule has 1 unspecified atom stereocenters. The van der Waals surface area contributed by atoms with Crippen molar-refractivity contribution < 1.29 is 14.7 Å². The Morgan fingerprint density at radius 1 is 1.47 bits per heavy atom. The first-order chi connectivity index (χ1) is 8.99. The van der Waals surface area contributed by atoms with Crippen LogP contribution >= 0.6 is 0 Å². The van der Waals surface area contributed by atoms with Crippen molar-refractivity contribution in [1.82, 2.24) is 14.9 Å². The first kappa shape index (κ1) is 13.3. The number of hydrogen-bond donors (Lipinski definition) is 2. The van der Waals surface area contributed by atoms with E-state index >= 15 is 0 Å². The topological polar surface area (TPSA) is 95.4 Å². The maximum atomic E-state index is 12.0. The van der Waals surface area contributed by atoms with Gasteiger partial charge in [-0.3, -0.25) is 4.79 Å². The van der Waals surface area contributed by atoms with Gasteiger partial charge in [-0.2, -0.15) is 0 Å². The molecule has 1 fully saturated rings. The van der Waals surface area contributed by atoms with Crippen LogP contribution in [0.1, 0.15) is 30.8 Å². The van der Waals surface area contributed by atoms with Crippen molar-refractivity contribution in [3.8, 4) is 0 Å². The van der Waals surface area contributed by atoms with Crippen LogP contribution in [0, 0.1) is 0 Å². The molecule has 0 aromatic carbocycles. The number of amides is 1. The highest BCUT2D eigenvalue weighted by Gasteiger charge is 2.33. The molecule has 0 aliphatic carbocycles. The molecule has 1 aliphatic heterocycles. The van der Waals surface area contributed by atoms with Gasteiger partial charge in [-0.15, -0.1) is 0 Å². The lowest BCUT2D eigenvalue weighted by Crippen LogP contribution is -2.37. The molecule has 7 nitrogen and oxygen atoms in total. The zero-order valence-electron chi connectivity index (χ0n) is 10.8. The maximum Gasteiger partial charge on any atom is 0.356 e. The van der Waals surface area contributed by atoms with E-state index in [4.69, 9.17) is 5.11 Å². The first-order valence-electron chi connectivity index (χ1n) is 6.11. The number of aromatic carboxylic acids is 1. The number of likely N-dealkylation sites (tertiary alicyclic amines) is 1. The molecule has 0 radical (unpaired) electrons. The second-order valence-electron chi connectivity index (χ2n) is 4.70. The Morgan fingerprint density at radius 3 is 2.68 bits per heavy atom. The second-order valence-corrected chi connectivity index (χ2v) is 4.70. The zero-order valence-corrected chi connectivity index (χ0v) is 10.8. The van der Waals surface area contributed by atoms with Crippen molar-refractivity contribution in [2.45, 2.75) is 32.4 Å². The Labute approximate surface area is 110 Å². The normalized spacial score (nSPS) is 19.0. The van der Waals surface area contributed by atoms with E-state index < -0.39 is 5.97 Å². The molecular formula is C12H16N4O3. The largest absolute Gasteiger partial charge is 0.476 e. The highest BCUT2D eigenvalue weighted by atomic mass is 16.4. The predicted molar refractivity (Wildman–Crippen MR) is 67.9 cm³/mol. The fourth-order valence-corrected chi connectivity index (χ4v) is 2.04. The lowest BCUT2D eigenvalue weighted by molar-refractivity contribution is -0.129. The van der Waals surface area contributed by atoms with E-state index in [0.717, 1.165) is 6.54 Å². The summed E-state index contributed by atoms with van der Waals surface area (Å²) < 4.78 is 0. The lowest BCUT2D eigenvalue weighted by atomic mass is 10.2. The Morgan fingerprint density at radius 2 is 2.21 bits per heavy atom. The number of carbonyl (C=O) groups excluding carboxylic acids is 1. The molecule has 0 spiro atoms. The summed E-state index contributed by atoms with van der Waals surface area (Å²) in [4.78, 5) is 32.2. The zero-order chi connectivity index (χ0) is 14.0. The Balaban J connectivity index is 2.02. The number of nitrogens with zero attached hydrogens (tertiary/aromatic N) is 3. The summed E-state index contributed by atoms with van der Waals surface area (Å²) in [7, 11) is 0. The fourth-order valence-electron chi connectivity index (χ4n) is 2.04. The molecule has 1 atom stereocenters. The average Bonchev–Trinajstić information content (AvgIpc) is 2.72. The summed E-state index contributed by atoms with van der Waals surface area (Å²) in [5.74, 6) is -0.671. The van der Waals surface area contributed by atoms with Crippen molar-refractivity contribution in [2.24, 2.45) is 0 Å². The average molecular weight is 264 g/mol. The van der Waals surface area contributed by atoms with Gasteiger partial charge in [0.1, 0.15) is 11.9 Å². The van der Waals surface area contributed by atoms with Crippen LogP contribution in [0.25, 0.3) is 0 Å². The second kappa shape index (κ2) is 5.21. The standard InChI is InChI=1S/C12H16N4O3/c1-7(2)16-4-3-8(11(16)17)15-10-6-13-9(5-14-10)12(18)19/h5-8H,3-4H2,1-2H3,(H,14,15)(H,18,19). The number of rotatable bonds is 4. The summed E-state index contributed by atoms with van der Waals surface area (Å²) in [5, 5.41) is 11.7. The van der Waals surface area contributed by atoms with Gasteiger partial charge < -0.3 is 15.3 Å². The highest BCUT2D eigenvalue weighted by molar-refractivity contribution is 5.87. The first-order valence-corrected chi connectivity index (χ1v) is 6.11. The van der Waals surface area contributed by atoms with E-state index in [-0.39, 0.29) is 23.7 Å². The number of nitrogens with one attached hydrogen (secondary N) is 1. The molecule has 0 bridgehead atoms. The van der Waals surface area contributed by atoms with E-state index in [1.54, 1.807) is 4.90 Å². The summed E-state index contributed by atoms with van der Waals surface area (Å²) in [5.41, 5.74) is -0.118. The van der Waals surface area contributed by atoms with E-state index in [9.17, 15) is 9.59 Å². The van der Waals surface area contributed by atoms with Gasteiger partial charge in [0.2, 0.25) is 5.91 Å². The third-order valence-corrected chi connectivity index (χ3v) is 3.06. The van der Waals surface area contributed by atoms with Gasteiger partial charge in [-0.05, 0) is 20.3 Å². The van der Waals surface area contributed by atoms with Crippen LogP contribution in [0.2, 0.25) is 0 Å². The van der Waals surface area contributed by atoms with Crippen LogP contribution in [0.3, 0.4) is 0 Å². The van der Waals surface area contributed by atoms with Gasteiger partial charge in [0.15, 0.2) is 5.69 Å². The van der Waals surface area contributed by atoms with E-state index in [1.807, 2.05) is 13.8 Å². The summed E-state index contributed by atoms with van der Waals surface area (Å²) in [6, 6.07) is -0.132. The predicted octanol–water partition coefficient (Wildman–Crippen LogP) is 0.596. The SMILES string of the molecule is CC(C)N1CCC(Nc2cnc(C(=O)O)cn2)C1=O. The Bertz CT molecular complexity index is 486. The van der Waals surface area contributed by atoms with Gasteiger partial charge in [0.05, 0.1) is 12.4 Å². The summed E-state index contributed by atoms with van der Waals surface area (Å²) in [6.07, 6.45) is 3.21. The molecule has 1 aromatic heterocycles. The lowest BCUT2D eigenvalue weighted by Gasteiger charge is -2.21. The third kappa shape index (κ3) is 2.81. The number of carbonyl (C=O) groups is 2. The number of anilines is 1. The molecule has 7 heteroatoms. The Hall–Kier alpha value is -2.18. The van der Waals surface area contributed by atoms with Crippen LogP contribution < -0.4 is 5.32 Å². The minimum atomic E-state index is -1.12. The smallest absolute Gasteiger partial charge is 0.356 e. The molecule has 102 valence electrons. The summed E-state index contributed by atoms with van der Waals surface area (Å²) >= 11 is 0. The maximum absolute atomic E-state index is 12.0. The van der Waals surface area contributed by atoms with Crippen molar-refractivity contribution in [1.29, 1.82) is 0 Å². The fraction of sp³-hybridized carbons (Fsp3) is 0.500. The molecule has 2 rings (SSSR count). The van der Waals surface area contributed by atoms with E-state index in [1.165, 1.54) is 12.4 Å². The van der Waals surface area contributed by atoms with Gasteiger partial charge in [-0.1, -0.05) is 0 Å². The highest BCUT2D eigenvalue weighted by Crippen LogP contribution is 2.17. The number of hydrogen-bond acceptors (Lipinski definition) is 5. The van der Waals surface area contributed by atoms with Crippen molar-refractivity contribution in [2.75, 3.05) is 11.9 Å². The minimum absolute atomic E-state index is 0.0408. The van der Waals surface area contributed by atoms with Gasteiger partial charge in [-0.25, -0.2) is 14.8 Å². The van der Waals surface area contributed by atoms with Crippen LogP contribution in [0.15, 0.2) is 12.4 Å². The van der Waals surface area contributed by atoms with Gasteiger partial charge in [0.25, 0.3) is 0 Å². The molecule has 19 heavy (non-hydrogen) atoms. The van der Waals surface area contributed by atoms with Crippen molar-refractivity contribution in [3.05, 3.63) is 18.1 Å². The van der Waals surface area contributed by atoms with Crippen LogP contribution in [-0.2, 0) is 4.79 Å². The number of aromatic nitrogens is 2. The molecule has 2 heterocycles. The summed E-state index contributed by atoms with van der Waals surface area (Å²) in [6.45, 7) is 4.66. The Kier molecular flexibility index (Phi) is 3.64. The molecule has 1 aromatic rings. The molecule has 1 aliphatic rings. The van der Waals surface area contributed by atoms with Crippen molar-refractivity contribution in [3.63, 3.8) is 0 Å².